The van der Waals surface area contributed by atoms with Gasteiger partial charge in [0.05, 0.1) is 0 Å². The Labute approximate surface area is 109 Å². The van der Waals surface area contributed by atoms with E-state index in [0.717, 1.165) is 24.2 Å². The van der Waals surface area contributed by atoms with Crippen molar-refractivity contribution >= 4 is 17.4 Å². The third-order valence-electron chi connectivity index (χ3n) is 3.62. The van der Waals surface area contributed by atoms with E-state index in [1.165, 1.54) is 32.1 Å². The van der Waals surface area contributed by atoms with Crippen molar-refractivity contribution in [3.63, 3.8) is 0 Å². The monoisotopic (exact) mass is 252 g/mol. The zero-order valence-corrected chi connectivity index (χ0v) is 11.2. The van der Waals surface area contributed by atoms with Gasteiger partial charge in [0.25, 0.3) is 0 Å². The topological polar surface area (TPSA) is 24.9 Å². The average Bonchev–Trinajstić information content (AvgIpc) is 2.29. The minimum absolute atomic E-state index is 0.557. The molecule has 2 nitrogen and oxygen atoms in total. The third-order valence-corrected chi connectivity index (χ3v) is 3.83. The molecule has 1 heterocycles. The number of halogens is 1. The van der Waals surface area contributed by atoms with Crippen molar-refractivity contribution in [2.24, 2.45) is 11.8 Å². The SMILES string of the molecule is CC1CCCC(CCNc2cccc(Cl)n2)C1. The molecule has 1 aliphatic rings. The second kappa shape index (κ2) is 6.25. The van der Waals surface area contributed by atoms with Crippen molar-refractivity contribution in [3.05, 3.63) is 23.4 Å². The molecule has 1 N–H and O–H groups in total. The maximum Gasteiger partial charge on any atom is 0.131 e. The van der Waals surface area contributed by atoms with Crippen molar-refractivity contribution in [2.75, 3.05) is 11.9 Å². The number of hydrogen-bond donors (Lipinski definition) is 1. The van der Waals surface area contributed by atoms with Gasteiger partial charge in [0.1, 0.15) is 11.0 Å². The molecule has 0 aliphatic heterocycles. The fourth-order valence-corrected chi connectivity index (χ4v) is 2.90. The summed E-state index contributed by atoms with van der Waals surface area (Å²) in [5.41, 5.74) is 0. The summed E-state index contributed by atoms with van der Waals surface area (Å²) < 4.78 is 0. The molecular formula is C14H21ClN2. The Kier molecular flexibility index (Phi) is 4.66. The van der Waals surface area contributed by atoms with Gasteiger partial charge in [-0.15, -0.1) is 0 Å². The zero-order chi connectivity index (χ0) is 12.1. The second-order valence-corrected chi connectivity index (χ2v) is 5.59. The summed E-state index contributed by atoms with van der Waals surface area (Å²) in [6.45, 7) is 3.38. The minimum Gasteiger partial charge on any atom is -0.370 e. The smallest absolute Gasteiger partial charge is 0.131 e. The van der Waals surface area contributed by atoms with Crippen LogP contribution in [-0.4, -0.2) is 11.5 Å². The normalized spacial score (nSPS) is 24.6. The molecule has 0 spiro atoms. The van der Waals surface area contributed by atoms with E-state index in [1.54, 1.807) is 6.07 Å². The lowest BCUT2D eigenvalue weighted by Crippen LogP contribution is -2.16. The standard InChI is InChI=1S/C14H21ClN2/c1-11-4-2-5-12(10-11)8-9-16-14-7-3-6-13(15)17-14/h3,6-7,11-12H,2,4-5,8-10H2,1H3,(H,16,17). The molecule has 0 amide bonds. The van der Waals surface area contributed by atoms with Crippen molar-refractivity contribution in [1.29, 1.82) is 0 Å². The first kappa shape index (κ1) is 12.7. The second-order valence-electron chi connectivity index (χ2n) is 5.20. The number of hydrogen-bond acceptors (Lipinski definition) is 2. The summed E-state index contributed by atoms with van der Waals surface area (Å²) in [7, 11) is 0. The van der Waals surface area contributed by atoms with Gasteiger partial charge in [0.2, 0.25) is 0 Å². The Hall–Kier alpha value is -0.760. The van der Waals surface area contributed by atoms with Gasteiger partial charge >= 0.3 is 0 Å². The lowest BCUT2D eigenvalue weighted by Gasteiger charge is -2.26. The van der Waals surface area contributed by atoms with Crippen molar-refractivity contribution in [3.8, 4) is 0 Å². The van der Waals surface area contributed by atoms with E-state index in [1.807, 2.05) is 12.1 Å². The van der Waals surface area contributed by atoms with Crippen LogP contribution in [0, 0.1) is 11.8 Å². The van der Waals surface area contributed by atoms with Crippen LogP contribution >= 0.6 is 11.6 Å². The number of rotatable bonds is 4. The molecule has 3 heteroatoms. The van der Waals surface area contributed by atoms with E-state index in [0.29, 0.717) is 5.15 Å². The third kappa shape index (κ3) is 4.19. The lowest BCUT2D eigenvalue weighted by molar-refractivity contribution is 0.274. The van der Waals surface area contributed by atoms with Crippen LogP contribution in [0.25, 0.3) is 0 Å². The molecule has 1 aromatic rings. The van der Waals surface area contributed by atoms with Crippen LogP contribution in [0.2, 0.25) is 5.15 Å². The maximum atomic E-state index is 5.84. The summed E-state index contributed by atoms with van der Waals surface area (Å²) in [5.74, 6) is 2.70. The predicted molar refractivity (Wildman–Crippen MR) is 73.5 cm³/mol. The van der Waals surface area contributed by atoms with Crippen LogP contribution in [0.15, 0.2) is 18.2 Å². The summed E-state index contributed by atoms with van der Waals surface area (Å²) in [6, 6.07) is 5.70. The van der Waals surface area contributed by atoms with Crippen molar-refractivity contribution < 1.29 is 0 Å². The lowest BCUT2D eigenvalue weighted by atomic mass is 9.81. The average molecular weight is 253 g/mol. The Morgan fingerprint density at radius 2 is 2.29 bits per heavy atom. The maximum absolute atomic E-state index is 5.84. The van der Waals surface area contributed by atoms with Gasteiger partial charge in [-0.25, -0.2) is 4.98 Å². The van der Waals surface area contributed by atoms with Crippen LogP contribution in [0.1, 0.15) is 39.0 Å². The molecule has 2 rings (SSSR count). The van der Waals surface area contributed by atoms with Gasteiger partial charge in [-0.3, -0.25) is 0 Å². The van der Waals surface area contributed by atoms with E-state index >= 15 is 0 Å². The Morgan fingerprint density at radius 3 is 3.06 bits per heavy atom. The van der Waals surface area contributed by atoms with E-state index in [-0.39, 0.29) is 0 Å². The van der Waals surface area contributed by atoms with E-state index < -0.39 is 0 Å². The Bertz CT molecular complexity index is 354. The molecule has 1 saturated carbocycles. The van der Waals surface area contributed by atoms with Crippen LogP contribution in [0.3, 0.4) is 0 Å². The fraction of sp³-hybridized carbons (Fsp3) is 0.643. The molecule has 2 unspecified atom stereocenters. The van der Waals surface area contributed by atoms with E-state index in [4.69, 9.17) is 11.6 Å². The summed E-state index contributed by atoms with van der Waals surface area (Å²) >= 11 is 5.84. The first-order valence-electron chi connectivity index (χ1n) is 6.60. The molecule has 0 radical (unpaired) electrons. The summed E-state index contributed by atoms with van der Waals surface area (Å²) in [4.78, 5) is 4.23. The first-order chi connectivity index (χ1) is 8.24. The highest BCUT2D eigenvalue weighted by Crippen LogP contribution is 2.30. The van der Waals surface area contributed by atoms with Gasteiger partial charge in [0.15, 0.2) is 0 Å². The minimum atomic E-state index is 0.557. The highest BCUT2D eigenvalue weighted by molar-refractivity contribution is 6.29. The predicted octanol–water partition coefficient (Wildman–Crippen LogP) is 4.36. The van der Waals surface area contributed by atoms with Gasteiger partial charge < -0.3 is 5.32 Å². The fourth-order valence-electron chi connectivity index (χ4n) is 2.73. The number of nitrogens with one attached hydrogen (secondary N) is 1. The van der Waals surface area contributed by atoms with Crippen LogP contribution in [0.5, 0.6) is 0 Å². The number of aromatic nitrogens is 1. The quantitative estimate of drug-likeness (QED) is 0.806. The van der Waals surface area contributed by atoms with Crippen LogP contribution in [0.4, 0.5) is 5.82 Å². The molecular weight excluding hydrogens is 232 g/mol. The number of anilines is 1. The molecule has 1 fully saturated rings. The van der Waals surface area contributed by atoms with Gasteiger partial charge in [-0.2, -0.15) is 0 Å². The van der Waals surface area contributed by atoms with Gasteiger partial charge in [-0.05, 0) is 36.8 Å². The largest absolute Gasteiger partial charge is 0.370 e. The molecule has 0 aromatic carbocycles. The highest BCUT2D eigenvalue weighted by atomic mass is 35.5. The Morgan fingerprint density at radius 1 is 1.41 bits per heavy atom. The van der Waals surface area contributed by atoms with Crippen LogP contribution in [-0.2, 0) is 0 Å². The van der Waals surface area contributed by atoms with Crippen LogP contribution < -0.4 is 5.32 Å². The molecule has 2 atom stereocenters. The van der Waals surface area contributed by atoms with Crippen molar-refractivity contribution in [1.82, 2.24) is 4.98 Å². The molecule has 0 saturated heterocycles. The molecule has 94 valence electrons. The summed E-state index contributed by atoms with van der Waals surface area (Å²) in [6.07, 6.45) is 6.86. The molecule has 17 heavy (non-hydrogen) atoms. The molecule has 1 aliphatic carbocycles. The Balaban J connectivity index is 1.72. The van der Waals surface area contributed by atoms with Crippen molar-refractivity contribution in [2.45, 2.75) is 39.0 Å². The highest BCUT2D eigenvalue weighted by Gasteiger charge is 2.18. The van der Waals surface area contributed by atoms with E-state index in [9.17, 15) is 0 Å². The van der Waals surface area contributed by atoms with Gasteiger partial charge in [-0.1, -0.05) is 43.9 Å². The zero-order valence-electron chi connectivity index (χ0n) is 10.5. The van der Waals surface area contributed by atoms with E-state index in [2.05, 4.69) is 17.2 Å². The number of nitrogens with zero attached hydrogens (tertiary/aromatic N) is 1. The first-order valence-corrected chi connectivity index (χ1v) is 6.98. The molecule has 0 bridgehead atoms. The molecule has 1 aromatic heterocycles. The summed E-state index contributed by atoms with van der Waals surface area (Å²) in [5, 5.41) is 3.91. The van der Waals surface area contributed by atoms with Gasteiger partial charge in [0, 0.05) is 6.54 Å². The number of pyridine rings is 1.